The van der Waals surface area contributed by atoms with E-state index in [2.05, 4.69) is 5.32 Å². The number of carbonyl (C=O) groups is 3. The summed E-state index contributed by atoms with van der Waals surface area (Å²) in [6, 6.07) is 10.2. The minimum atomic E-state index is -4.03. The van der Waals surface area contributed by atoms with E-state index in [1.807, 2.05) is 0 Å². The number of nitrogens with one attached hydrogen (secondary N) is 1. The van der Waals surface area contributed by atoms with Crippen molar-refractivity contribution < 1.29 is 32.3 Å². The maximum atomic E-state index is 13.2. The lowest BCUT2D eigenvalue weighted by molar-refractivity contribution is -0.131. The summed E-state index contributed by atoms with van der Waals surface area (Å²) in [6.45, 7) is 1.75. The second-order valence-electron chi connectivity index (χ2n) is 7.75. The summed E-state index contributed by atoms with van der Waals surface area (Å²) in [5.74, 6) is -0.209. The normalized spacial score (nSPS) is 23.3. The molecule has 5 rings (SSSR count). The van der Waals surface area contributed by atoms with Gasteiger partial charge in [0.15, 0.2) is 11.5 Å². The number of hydrogen-bond acceptors (Lipinski definition) is 7. The van der Waals surface area contributed by atoms with E-state index in [1.54, 1.807) is 31.2 Å². The lowest BCUT2D eigenvalue weighted by Crippen LogP contribution is -2.43. The number of amides is 4. The molecule has 32 heavy (non-hydrogen) atoms. The van der Waals surface area contributed by atoms with Crippen molar-refractivity contribution in [2.24, 2.45) is 0 Å². The number of ether oxygens (including phenoxy) is 2. The molecule has 0 aromatic heterocycles. The van der Waals surface area contributed by atoms with E-state index in [0.29, 0.717) is 34.6 Å². The maximum Gasteiger partial charge on any atom is 0.325 e. The molecule has 1 saturated heterocycles. The Morgan fingerprint density at radius 1 is 1.00 bits per heavy atom. The highest BCUT2D eigenvalue weighted by Crippen LogP contribution is 2.37. The topological polar surface area (TPSA) is 122 Å². The van der Waals surface area contributed by atoms with E-state index in [4.69, 9.17) is 9.47 Å². The molecule has 3 heterocycles. The molecular weight excluding hydrogens is 438 g/mol. The number of nitrogens with zero attached hydrogens (tertiary/aromatic N) is 2. The van der Waals surface area contributed by atoms with Gasteiger partial charge in [-0.25, -0.2) is 17.5 Å². The molecule has 3 aliphatic rings. The molecule has 0 aliphatic carbocycles. The Hall–Kier alpha value is -3.60. The van der Waals surface area contributed by atoms with Crippen molar-refractivity contribution >= 4 is 27.9 Å². The number of carbonyl (C=O) groups excluding carboxylic acids is 3. The minimum Gasteiger partial charge on any atom is -0.486 e. The van der Waals surface area contributed by atoms with Gasteiger partial charge >= 0.3 is 6.03 Å². The Morgan fingerprint density at radius 3 is 2.47 bits per heavy atom. The standard InChI is InChI=1S/C21H19N3O7S/c1-21(13-6-7-15-16(12-13)31-11-10-30-15)19(26)23(20(27)22-21)8-9-24-18(25)14-4-2-3-5-17(14)32(24,28)29/h2-7,12H,8-11H2,1H3,(H,22,27). The number of imide groups is 1. The number of hydrogen-bond donors (Lipinski definition) is 1. The Labute approximate surface area is 183 Å². The monoisotopic (exact) mass is 457 g/mol. The van der Waals surface area contributed by atoms with Gasteiger partial charge in [0.25, 0.3) is 21.8 Å². The van der Waals surface area contributed by atoms with Crippen LogP contribution in [0.15, 0.2) is 47.4 Å². The molecule has 0 bridgehead atoms. The first-order chi connectivity index (χ1) is 15.2. The number of urea groups is 1. The van der Waals surface area contributed by atoms with Crippen LogP contribution in [0.5, 0.6) is 11.5 Å². The largest absolute Gasteiger partial charge is 0.486 e. The van der Waals surface area contributed by atoms with E-state index in [9.17, 15) is 22.8 Å². The van der Waals surface area contributed by atoms with Gasteiger partial charge in [-0.2, -0.15) is 0 Å². The van der Waals surface area contributed by atoms with Crippen molar-refractivity contribution in [3.05, 3.63) is 53.6 Å². The van der Waals surface area contributed by atoms with Crippen LogP contribution in [-0.4, -0.2) is 61.8 Å². The number of sulfonamides is 1. The molecule has 1 N–H and O–H groups in total. The summed E-state index contributed by atoms with van der Waals surface area (Å²) < 4.78 is 37.2. The first-order valence-corrected chi connectivity index (χ1v) is 11.4. The van der Waals surface area contributed by atoms with Gasteiger partial charge in [0, 0.05) is 6.54 Å². The average molecular weight is 457 g/mol. The maximum absolute atomic E-state index is 13.2. The van der Waals surface area contributed by atoms with Crippen LogP contribution in [0.4, 0.5) is 4.79 Å². The zero-order chi connectivity index (χ0) is 22.7. The van der Waals surface area contributed by atoms with E-state index in [1.165, 1.54) is 18.2 Å². The van der Waals surface area contributed by atoms with Crippen LogP contribution in [0.2, 0.25) is 0 Å². The Morgan fingerprint density at radius 2 is 1.72 bits per heavy atom. The van der Waals surface area contributed by atoms with Crippen LogP contribution >= 0.6 is 0 Å². The van der Waals surface area contributed by atoms with E-state index in [0.717, 1.165) is 4.90 Å². The lowest BCUT2D eigenvalue weighted by Gasteiger charge is -2.25. The highest BCUT2D eigenvalue weighted by Gasteiger charge is 2.50. The summed E-state index contributed by atoms with van der Waals surface area (Å²) in [7, 11) is -4.03. The lowest BCUT2D eigenvalue weighted by atomic mass is 9.91. The highest BCUT2D eigenvalue weighted by atomic mass is 32.2. The third kappa shape index (κ3) is 2.84. The fraction of sp³-hybridized carbons (Fsp3) is 0.286. The van der Waals surface area contributed by atoms with Crippen molar-refractivity contribution in [1.29, 1.82) is 0 Å². The molecule has 0 spiro atoms. The third-order valence-corrected chi connectivity index (χ3v) is 7.67. The van der Waals surface area contributed by atoms with Gasteiger partial charge in [-0.1, -0.05) is 18.2 Å². The molecule has 1 fully saturated rings. The molecule has 2 aromatic carbocycles. The Bertz CT molecular complexity index is 1280. The molecule has 1 unspecified atom stereocenters. The van der Waals surface area contributed by atoms with Crippen molar-refractivity contribution in [3.63, 3.8) is 0 Å². The Kier molecular flexibility index (Phi) is 4.41. The molecular formula is C21H19N3O7S. The summed E-state index contributed by atoms with van der Waals surface area (Å²) in [4.78, 5) is 39.2. The van der Waals surface area contributed by atoms with Gasteiger partial charge in [0.1, 0.15) is 23.6 Å². The molecule has 11 heteroatoms. The summed E-state index contributed by atoms with van der Waals surface area (Å²) in [5, 5.41) is 2.67. The molecule has 10 nitrogen and oxygen atoms in total. The third-order valence-electron chi connectivity index (χ3n) is 5.83. The highest BCUT2D eigenvalue weighted by molar-refractivity contribution is 7.90. The predicted molar refractivity (Wildman–Crippen MR) is 110 cm³/mol. The molecule has 166 valence electrons. The van der Waals surface area contributed by atoms with Crippen LogP contribution in [-0.2, 0) is 20.4 Å². The molecule has 0 radical (unpaired) electrons. The van der Waals surface area contributed by atoms with Crippen LogP contribution in [0.3, 0.4) is 0 Å². The summed E-state index contributed by atoms with van der Waals surface area (Å²) in [5.41, 5.74) is -0.797. The smallest absolute Gasteiger partial charge is 0.325 e. The van der Waals surface area contributed by atoms with Crippen molar-refractivity contribution in [1.82, 2.24) is 14.5 Å². The van der Waals surface area contributed by atoms with Gasteiger partial charge < -0.3 is 14.8 Å². The fourth-order valence-electron chi connectivity index (χ4n) is 4.09. The zero-order valence-corrected chi connectivity index (χ0v) is 17.8. The van der Waals surface area contributed by atoms with Crippen molar-refractivity contribution in [2.75, 3.05) is 26.3 Å². The first-order valence-electron chi connectivity index (χ1n) is 9.94. The molecule has 3 aliphatic heterocycles. The summed E-state index contributed by atoms with van der Waals surface area (Å²) in [6.07, 6.45) is 0. The van der Waals surface area contributed by atoms with Crippen LogP contribution in [0.1, 0.15) is 22.8 Å². The van der Waals surface area contributed by atoms with E-state index in [-0.39, 0.29) is 23.5 Å². The van der Waals surface area contributed by atoms with Gasteiger partial charge in [-0.05, 0) is 36.8 Å². The van der Waals surface area contributed by atoms with Gasteiger partial charge in [-0.3, -0.25) is 14.5 Å². The van der Waals surface area contributed by atoms with Crippen LogP contribution in [0.25, 0.3) is 0 Å². The number of fused-ring (bicyclic) bond motifs is 2. The van der Waals surface area contributed by atoms with Gasteiger partial charge in [0.05, 0.1) is 12.1 Å². The molecule has 0 saturated carbocycles. The van der Waals surface area contributed by atoms with Crippen molar-refractivity contribution in [3.8, 4) is 11.5 Å². The molecule has 1 atom stereocenters. The van der Waals surface area contributed by atoms with Gasteiger partial charge in [0.2, 0.25) is 0 Å². The Balaban J connectivity index is 1.37. The average Bonchev–Trinajstić information content (AvgIpc) is 3.13. The second kappa shape index (κ2) is 6.95. The molecule has 2 aromatic rings. The zero-order valence-electron chi connectivity index (χ0n) is 17.0. The van der Waals surface area contributed by atoms with E-state index < -0.39 is 33.4 Å². The SMILES string of the molecule is CC1(c2ccc3c(c2)OCCO3)NC(=O)N(CCN2C(=O)c3ccccc3S2(=O)=O)C1=O. The summed E-state index contributed by atoms with van der Waals surface area (Å²) >= 11 is 0. The van der Waals surface area contributed by atoms with E-state index >= 15 is 0 Å². The first kappa shape index (κ1) is 20.3. The van der Waals surface area contributed by atoms with Crippen molar-refractivity contribution in [2.45, 2.75) is 17.4 Å². The van der Waals surface area contributed by atoms with Crippen LogP contribution < -0.4 is 14.8 Å². The number of benzene rings is 2. The minimum absolute atomic E-state index is 0.0748. The molecule has 4 amide bonds. The quantitative estimate of drug-likeness (QED) is 0.682. The van der Waals surface area contributed by atoms with Crippen LogP contribution in [0, 0.1) is 0 Å². The predicted octanol–water partition coefficient (Wildman–Crippen LogP) is 1.07. The number of rotatable bonds is 4. The van der Waals surface area contributed by atoms with Gasteiger partial charge in [-0.15, -0.1) is 0 Å². The fourth-order valence-corrected chi connectivity index (χ4v) is 5.65. The second-order valence-corrected chi connectivity index (χ2v) is 9.58.